The van der Waals surface area contributed by atoms with Gasteiger partial charge >= 0.3 is 5.97 Å². The standard InChI is InChI=1S/C31H50O5/c1-19(26(34)36-8)17-21(32)18-20(2)28(5)13-11-22-23-9-10-24-27(3,4)25(33)12-14-30(24,7)31(23,35)16-15-29(22,28)6/h11,17,20-21,23-25,32-33,35H,9-10,12-16,18H2,1-8H3/t20-,21+,23+,24+,25+,28+,29-,30+,31-/m1/s1. The lowest BCUT2D eigenvalue weighted by atomic mass is 9.39. The van der Waals surface area contributed by atoms with Crippen LogP contribution in [0.1, 0.15) is 99.8 Å². The van der Waals surface area contributed by atoms with Gasteiger partial charge in [0, 0.05) is 16.9 Å². The molecule has 0 amide bonds. The van der Waals surface area contributed by atoms with Gasteiger partial charge in [0.05, 0.1) is 24.9 Å². The highest BCUT2D eigenvalue weighted by Gasteiger charge is 2.69. The third kappa shape index (κ3) is 3.70. The molecular formula is C31H50O5. The smallest absolute Gasteiger partial charge is 0.333 e. The fourth-order valence-corrected chi connectivity index (χ4v) is 9.54. The first-order valence-electron chi connectivity index (χ1n) is 14.1. The van der Waals surface area contributed by atoms with E-state index in [0.717, 1.165) is 44.9 Å². The Morgan fingerprint density at radius 3 is 2.44 bits per heavy atom. The minimum Gasteiger partial charge on any atom is -0.466 e. The van der Waals surface area contributed by atoms with Gasteiger partial charge in [0.25, 0.3) is 0 Å². The number of allylic oxidation sites excluding steroid dienone is 1. The maximum Gasteiger partial charge on any atom is 0.333 e. The Bertz CT molecular complexity index is 951. The van der Waals surface area contributed by atoms with Crippen molar-refractivity contribution in [2.75, 3.05) is 7.11 Å². The van der Waals surface area contributed by atoms with Gasteiger partial charge in [-0.1, -0.05) is 53.2 Å². The minimum absolute atomic E-state index is 0.0303. The van der Waals surface area contributed by atoms with Crippen LogP contribution in [0.2, 0.25) is 0 Å². The third-order valence-electron chi connectivity index (χ3n) is 12.4. The molecule has 0 unspecified atom stereocenters. The molecule has 5 nitrogen and oxygen atoms in total. The Morgan fingerprint density at radius 1 is 1.14 bits per heavy atom. The van der Waals surface area contributed by atoms with E-state index in [2.05, 4.69) is 47.6 Å². The van der Waals surface area contributed by atoms with Crippen molar-refractivity contribution in [2.24, 2.45) is 39.4 Å². The maximum atomic E-state index is 12.5. The summed E-state index contributed by atoms with van der Waals surface area (Å²) in [6.07, 6.45) is 9.97. The number of methoxy groups -OCH3 is 1. The average molecular weight is 503 g/mol. The number of hydrogen-bond acceptors (Lipinski definition) is 5. The summed E-state index contributed by atoms with van der Waals surface area (Å²) in [6, 6.07) is 0. The Kier molecular flexibility index (Phi) is 6.92. The summed E-state index contributed by atoms with van der Waals surface area (Å²) in [5.74, 6) is 0.296. The molecule has 204 valence electrons. The predicted octanol–water partition coefficient (Wildman–Crippen LogP) is 5.57. The van der Waals surface area contributed by atoms with Crippen molar-refractivity contribution >= 4 is 5.97 Å². The van der Waals surface area contributed by atoms with E-state index in [1.54, 1.807) is 13.0 Å². The van der Waals surface area contributed by atoms with Gasteiger partial charge in [-0.15, -0.1) is 0 Å². The molecule has 4 aliphatic rings. The predicted molar refractivity (Wildman–Crippen MR) is 142 cm³/mol. The fourth-order valence-electron chi connectivity index (χ4n) is 9.54. The van der Waals surface area contributed by atoms with E-state index in [1.165, 1.54) is 12.7 Å². The van der Waals surface area contributed by atoms with Gasteiger partial charge in [-0.05, 0) is 92.4 Å². The van der Waals surface area contributed by atoms with E-state index in [0.29, 0.717) is 17.9 Å². The number of esters is 1. The Labute approximate surface area is 218 Å². The van der Waals surface area contributed by atoms with Crippen molar-refractivity contribution in [1.82, 2.24) is 0 Å². The quantitative estimate of drug-likeness (QED) is 0.260. The maximum absolute atomic E-state index is 12.5. The van der Waals surface area contributed by atoms with E-state index < -0.39 is 17.7 Å². The molecule has 0 heterocycles. The third-order valence-corrected chi connectivity index (χ3v) is 12.4. The molecule has 0 aliphatic heterocycles. The number of fused-ring (bicyclic) bond motifs is 5. The van der Waals surface area contributed by atoms with Crippen molar-refractivity contribution < 1.29 is 24.9 Å². The second-order valence-corrected chi connectivity index (χ2v) is 14.1. The van der Waals surface area contributed by atoms with Gasteiger partial charge < -0.3 is 20.1 Å². The fraction of sp³-hybridized carbons (Fsp3) is 0.839. The van der Waals surface area contributed by atoms with Gasteiger partial charge in [0.2, 0.25) is 0 Å². The largest absolute Gasteiger partial charge is 0.466 e. The molecule has 5 heteroatoms. The zero-order valence-electron chi connectivity index (χ0n) is 23.9. The highest BCUT2D eigenvalue weighted by Crippen LogP contribution is 2.72. The molecule has 0 radical (unpaired) electrons. The number of aliphatic hydroxyl groups excluding tert-OH is 2. The van der Waals surface area contributed by atoms with E-state index in [1.807, 2.05) is 0 Å². The summed E-state index contributed by atoms with van der Waals surface area (Å²) >= 11 is 0. The van der Waals surface area contributed by atoms with Crippen LogP contribution in [0.25, 0.3) is 0 Å². The Morgan fingerprint density at radius 2 is 1.81 bits per heavy atom. The van der Waals surface area contributed by atoms with Crippen molar-refractivity contribution in [1.29, 1.82) is 0 Å². The first kappa shape index (κ1) is 27.9. The number of ether oxygens (including phenoxy) is 1. The molecule has 3 fully saturated rings. The van der Waals surface area contributed by atoms with Crippen LogP contribution in [0.3, 0.4) is 0 Å². The number of carbonyl (C=O) groups is 1. The Balaban J connectivity index is 1.59. The topological polar surface area (TPSA) is 87.0 Å². The van der Waals surface area contributed by atoms with Crippen molar-refractivity contribution in [3.8, 4) is 0 Å². The van der Waals surface area contributed by atoms with Gasteiger partial charge in [-0.25, -0.2) is 4.79 Å². The lowest BCUT2D eigenvalue weighted by molar-refractivity contribution is -0.243. The van der Waals surface area contributed by atoms with Crippen LogP contribution in [0.15, 0.2) is 23.3 Å². The van der Waals surface area contributed by atoms with Crippen LogP contribution in [-0.2, 0) is 9.53 Å². The lowest BCUT2D eigenvalue weighted by Crippen LogP contribution is -2.67. The summed E-state index contributed by atoms with van der Waals surface area (Å²) in [6.45, 7) is 15.4. The molecule has 0 bridgehead atoms. The second-order valence-electron chi connectivity index (χ2n) is 14.1. The highest BCUT2D eigenvalue weighted by atomic mass is 16.5. The molecule has 9 atom stereocenters. The molecule has 36 heavy (non-hydrogen) atoms. The number of hydrogen-bond donors (Lipinski definition) is 3. The number of carbonyl (C=O) groups excluding carboxylic acids is 1. The summed E-state index contributed by atoms with van der Waals surface area (Å²) in [7, 11) is 1.36. The van der Waals surface area contributed by atoms with E-state index in [-0.39, 0.29) is 39.6 Å². The molecule has 3 N–H and O–H groups in total. The van der Waals surface area contributed by atoms with Crippen molar-refractivity contribution in [3.63, 3.8) is 0 Å². The summed E-state index contributed by atoms with van der Waals surface area (Å²) < 4.78 is 4.78. The van der Waals surface area contributed by atoms with Gasteiger partial charge in [0.15, 0.2) is 0 Å². The van der Waals surface area contributed by atoms with E-state index in [9.17, 15) is 20.1 Å². The lowest BCUT2D eigenvalue weighted by Gasteiger charge is -2.68. The summed E-state index contributed by atoms with van der Waals surface area (Å²) in [5.41, 5.74) is 0.685. The summed E-state index contributed by atoms with van der Waals surface area (Å²) in [4.78, 5) is 11.8. The normalized spacial score (nSPS) is 45.6. The van der Waals surface area contributed by atoms with Crippen LogP contribution in [0.5, 0.6) is 0 Å². The average Bonchev–Trinajstić information content (AvgIpc) is 3.08. The zero-order chi connectivity index (χ0) is 26.9. The van der Waals surface area contributed by atoms with Crippen LogP contribution < -0.4 is 0 Å². The van der Waals surface area contributed by atoms with Crippen LogP contribution in [-0.4, -0.2) is 46.2 Å². The molecule has 0 aromatic carbocycles. The minimum atomic E-state index is -0.743. The highest BCUT2D eigenvalue weighted by molar-refractivity contribution is 5.87. The van der Waals surface area contributed by atoms with Gasteiger partial charge in [-0.2, -0.15) is 0 Å². The zero-order valence-corrected chi connectivity index (χ0v) is 23.9. The Hall–Kier alpha value is -1.17. The molecule has 0 aromatic heterocycles. The van der Waals surface area contributed by atoms with Gasteiger partial charge in [0.1, 0.15) is 0 Å². The van der Waals surface area contributed by atoms with Crippen molar-refractivity contribution in [2.45, 2.75) is 118 Å². The monoisotopic (exact) mass is 502 g/mol. The molecule has 0 saturated heterocycles. The molecule has 0 spiro atoms. The van der Waals surface area contributed by atoms with Crippen LogP contribution in [0, 0.1) is 39.4 Å². The van der Waals surface area contributed by atoms with Crippen molar-refractivity contribution in [3.05, 3.63) is 23.3 Å². The van der Waals surface area contributed by atoms with E-state index in [4.69, 9.17) is 4.74 Å². The molecule has 0 aromatic rings. The molecular weight excluding hydrogens is 452 g/mol. The van der Waals surface area contributed by atoms with Crippen LogP contribution in [0.4, 0.5) is 0 Å². The number of rotatable bonds is 5. The molecule has 4 rings (SSSR count). The number of aliphatic hydroxyl groups is 3. The van der Waals surface area contributed by atoms with Crippen LogP contribution >= 0.6 is 0 Å². The molecule has 4 aliphatic carbocycles. The first-order valence-corrected chi connectivity index (χ1v) is 14.1. The first-order chi connectivity index (χ1) is 16.6. The summed E-state index contributed by atoms with van der Waals surface area (Å²) in [5, 5.41) is 34.1. The van der Waals surface area contributed by atoms with Gasteiger partial charge in [-0.3, -0.25) is 0 Å². The second kappa shape index (κ2) is 8.95. The van der Waals surface area contributed by atoms with E-state index >= 15 is 0 Å². The molecule has 3 saturated carbocycles. The SMILES string of the molecule is COC(=O)C(C)=C[C@H](O)C[C@@H](C)[C@]1(C)CC=C2[C@@H]3CC[C@H]4C(C)(C)[C@@H](O)CC[C@]4(C)[C@@]3(O)CC[C@]21C.